The SMILES string of the molecule is Nc1c([N+](=O)[O-])ccc(C(=O)NCCCl)c1[N+](=O)[O-]. The molecule has 0 aromatic heterocycles. The highest BCUT2D eigenvalue weighted by molar-refractivity contribution is 6.18. The minimum Gasteiger partial charge on any atom is -0.387 e. The van der Waals surface area contributed by atoms with E-state index in [4.69, 9.17) is 17.3 Å². The van der Waals surface area contributed by atoms with Gasteiger partial charge in [-0.15, -0.1) is 11.6 Å². The molecule has 0 unspecified atom stereocenters. The van der Waals surface area contributed by atoms with Crippen molar-refractivity contribution in [1.82, 2.24) is 5.32 Å². The number of nitrogens with zero attached hydrogens (tertiary/aromatic N) is 2. The quantitative estimate of drug-likeness (QED) is 0.359. The van der Waals surface area contributed by atoms with E-state index in [-0.39, 0.29) is 18.0 Å². The molecule has 0 aliphatic heterocycles. The van der Waals surface area contributed by atoms with Gasteiger partial charge >= 0.3 is 5.69 Å². The normalized spacial score (nSPS) is 9.95. The molecule has 3 N–H and O–H groups in total. The van der Waals surface area contributed by atoms with Gasteiger partial charge < -0.3 is 11.1 Å². The van der Waals surface area contributed by atoms with Crippen LogP contribution in [0.2, 0.25) is 0 Å². The summed E-state index contributed by atoms with van der Waals surface area (Å²) in [6.45, 7) is 0.106. The fraction of sp³-hybridized carbons (Fsp3) is 0.222. The summed E-state index contributed by atoms with van der Waals surface area (Å²) in [5.41, 5.74) is 2.94. The number of nitrogens with one attached hydrogen (secondary N) is 1. The van der Waals surface area contributed by atoms with E-state index in [1.807, 2.05) is 0 Å². The number of nitro groups is 2. The van der Waals surface area contributed by atoms with Gasteiger partial charge in [0.05, 0.1) is 9.85 Å². The van der Waals surface area contributed by atoms with Gasteiger partial charge in [-0.3, -0.25) is 25.0 Å². The Balaban J connectivity index is 3.34. The van der Waals surface area contributed by atoms with Crippen molar-refractivity contribution < 1.29 is 14.6 Å². The van der Waals surface area contributed by atoms with Crippen LogP contribution in [0.3, 0.4) is 0 Å². The Morgan fingerprint density at radius 2 is 1.95 bits per heavy atom. The number of carbonyl (C=O) groups excluding carboxylic acids is 1. The van der Waals surface area contributed by atoms with E-state index < -0.39 is 32.8 Å². The van der Waals surface area contributed by atoms with Crippen molar-refractivity contribution in [1.29, 1.82) is 0 Å². The van der Waals surface area contributed by atoms with Crippen LogP contribution in [0.15, 0.2) is 12.1 Å². The van der Waals surface area contributed by atoms with Crippen molar-refractivity contribution in [2.24, 2.45) is 0 Å². The first-order chi connectivity index (χ1) is 8.90. The number of amides is 1. The van der Waals surface area contributed by atoms with E-state index in [1.54, 1.807) is 0 Å². The highest BCUT2D eigenvalue weighted by atomic mass is 35.5. The summed E-state index contributed by atoms with van der Waals surface area (Å²) in [6, 6.07) is 1.92. The number of anilines is 1. The summed E-state index contributed by atoms with van der Waals surface area (Å²) < 4.78 is 0. The van der Waals surface area contributed by atoms with Crippen LogP contribution < -0.4 is 11.1 Å². The topological polar surface area (TPSA) is 141 Å². The third kappa shape index (κ3) is 3.07. The van der Waals surface area contributed by atoms with Gasteiger partial charge in [0.15, 0.2) is 5.69 Å². The average molecular weight is 289 g/mol. The molecule has 1 rings (SSSR count). The fourth-order valence-corrected chi connectivity index (χ4v) is 1.49. The molecule has 0 aliphatic carbocycles. The van der Waals surface area contributed by atoms with Crippen molar-refractivity contribution in [2.45, 2.75) is 0 Å². The van der Waals surface area contributed by atoms with Gasteiger partial charge in [-0.25, -0.2) is 0 Å². The lowest BCUT2D eigenvalue weighted by Gasteiger charge is -2.06. The van der Waals surface area contributed by atoms with Crippen LogP contribution >= 0.6 is 11.6 Å². The van der Waals surface area contributed by atoms with Crippen molar-refractivity contribution in [3.8, 4) is 0 Å². The lowest BCUT2D eigenvalue weighted by Crippen LogP contribution is -2.26. The smallest absolute Gasteiger partial charge is 0.311 e. The summed E-state index contributed by atoms with van der Waals surface area (Å²) in [7, 11) is 0. The highest BCUT2D eigenvalue weighted by Crippen LogP contribution is 2.34. The van der Waals surface area contributed by atoms with Crippen molar-refractivity contribution in [2.75, 3.05) is 18.2 Å². The number of alkyl halides is 1. The Labute approximate surface area is 111 Å². The van der Waals surface area contributed by atoms with E-state index >= 15 is 0 Å². The molecular formula is C9H9ClN4O5. The Morgan fingerprint density at radius 1 is 1.32 bits per heavy atom. The first-order valence-corrected chi connectivity index (χ1v) is 5.49. The van der Waals surface area contributed by atoms with Gasteiger partial charge in [-0.1, -0.05) is 0 Å². The van der Waals surface area contributed by atoms with E-state index in [9.17, 15) is 25.0 Å². The fourth-order valence-electron chi connectivity index (χ4n) is 1.39. The number of benzene rings is 1. The number of nitrogen functional groups attached to an aromatic ring is 1. The number of hydrogen-bond acceptors (Lipinski definition) is 6. The Kier molecular flexibility index (Phi) is 4.59. The molecule has 0 atom stereocenters. The molecule has 0 fully saturated rings. The van der Waals surface area contributed by atoms with Crippen LogP contribution in [0, 0.1) is 20.2 Å². The molecule has 0 bridgehead atoms. The third-order valence-electron chi connectivity index (χ3n) is 2.20. The molecular weight excluding hydrogens is 280 g/mol. The second-order valence-electron chi connectivity index (χ2n) is 3.35. The Morgan fingerprint density at radius 3 is 2.42 bits per heavy atom. The van der Waals surface area contributed by atoms with Crippen molar-refractivity contribution in [3.05, 3.63) is 37.9 Å². The van der Waals surface area contributed by atoms with Crippen molar-refractivity contribution in [3.63, 3.8) is 0 Å². The summed E-state index contributed by atoms with van der Waals surface area (Å²) in [6.07, 6.45) is 0. The first-order valence-electron chi connectivity index (χ1n) is 4.95. The molecule has 1 aromatic rings. The molecule has 0 heterocycles. The number of nitrogens with two attached hydrogens (primary N) is 1. The Hall–Kier alpha value is -2.42. The highest BCUT2D eigenvalue weighted by Gasteiger charge is 2.29. The minimum absolute atomic E-state index is 0.106. The van der Waals surface area contributed by atoms with Gasteiger partial charge in [-0.2, -0.15) is 0 Å². The average Bonchev–Trinajstić information content (AvgIpc) is 2.34. The van der Waals surface area contributed by atoms with Gasteiger partial charge in [0.1, 0.15) is 5.56 Å². The van der Waals surface area contributed by atoms with E-state index in [1.165, 1.54) is 0 Å². The van der Waals surface area contributed by atoms with Crippen LogP contribution in [-0.2, 0) is 0 Å². The van der Waals surface area contributed by atoms with Gasteiger partial charge in [0.2, 0.25) is 0 Å². The van der Waals surface area contributed by atoms with Crippen LogP contribution in [0.5, 0.6) is 0 Å². The van der Waals surface area contributed by atoms with Crippen LogP contribution in [0.25, 0.3) is 0 Å². The zero-order chi connectivity index (χ0) is 14.6. The van der Waals surface area contributed by atoms with Gasteiger partial charge in [0, 0.05) is 18.5 Å². The molecule has 0 radical (unpaired) electrons. The number of hydrogen-bond donors (Lipinski definition) is 2. The Bertz CT molecular complexity index is 548. The number of halogens is 1. The minimum atomic E-state index is -0.933. The maximum atomic E-state index is 11.7. The molecule has 19 heavy (non-hydrogen) atoms. The molecule has 0 spiro atoms. The molecule has 1 amide bonds. The predicted octanol–water partition coefficient (Wildman–Crippen LogP) is 1.05. The summed E-state index contributed by atoms with van der Waals surface area (Å²) in [5, 5.41) is 23.8. The third-order valence-corrected chi connectivity index (χ3v) is 2.39. The molecule has 102 valence electrons. The standard InChI is InChI=1S/C9H9ClN4O5/c10-3-4-12-9(15)5-1-2-6(13(16)17)7(11)8(5)14(18)19/h1-2H,3-4,11H2,(H,12,15). The lowest BCUT2D eigenvalue weighted by molar-refractivity contribution is -0.392. The van der Waals surface area contributed by atoms with Crippen molar-refractivity contribution >= 4 is 34.6 Å². The van der Waals surface area contributed by atoms with Crippen LogP contribution in [0.1, 0.15) is 10.4 Å². The molecule has 0 saturated heterocycles. The lowest BCUT2D eigenvalue weighted by atomic mass is 10.1. The zero-order valence-corrected chi connectivity index (χ0v) is 10.2. The number of nitro benzene ring substituents is 2. The predicted molar refractivity (Wildman–Crippen MR) is 67.2 cm³/mol. The summed E-state index contributed by atoms with van der Waals surface area (Å²) in [5.74, 6) is -0.643. The molecule has 0 saturated carbocycles. The molecule has 1 aromatic carbocycles. The van der Waals surface area contributed by atoms with E-state index in [0.29, 0.717) is 0 Å². The second-order valence-corrected chi connectivity index (χ2v) is 3.73. The largest absolute Gasteiger partial charge is 0.387 e. The van der Waals surface area contributed by atoms with Crippen LogP contribution in [-0.4, -0.2) is 28.2 Å². The molecule has 0 aliphatic rings. The maximum Gasteiger partial charge on any atom is 0.311 e. The van der Waals surface area contributed by atoms with Crippen LogP contribution in [0.4, 0.5) is 17.1 Å². The van der Waals surface area contributed by atoms with Gasteiger partial charge in [0.25, 0.3) is 11.6 Å². The monoisotopic (exact) mass is 288 g/mol. The number of carbonyl (C=O) groups is 1. The molecule has 9 nitrogen and oxygen atoms in total. The summed E-state index contributed by atoms with van der Waals surface area (Å²) >= 11 is 5.37. The van der Waals surface area contributed by atoms with E-state index in [0.717, 1.165) is 12.1 Å². The maximum absolute atomic E-state index is 11.7. The summed E-state index contributed by atoms with van der Waals surface area (Å²) in [4.78, 5) is 31.4. The van der Waals surface area contributed by atoms with Gasteiger partial charge in [-0.05, 0) is 6.07 Å². The molecule has 10 heteroatoms. The van der Waals surface area contributed by atoms with E-state index in [2.05, 4.69) is 5.32 Å². The zero-order valence-electron chi connectivity index (χ0n) is 9.46. The first kappa shape index (κ1) is 14.6. The second kappa shape index (κ2) is 5.96. The number of rotatable bonds is 5.